The Morgan fingerprint density at radius 3 is 1.52 bits per heavy atom. The van der Waals surface area contributed by atoms with Crippen LogP contribution in [0.5, 0.6) is 0 Å². The molecule has 1 atom stereocenters. The van der Waals surface area contributed by atoms with Gasteiger partial charge in [0.25, 0.3) is 0 Å². The molecule has 1 N–H and O–H groups in total. The third-order valence-electron chi connectivity index (χ3n) is 9.69. The van der Waals surface area contributed by atoms with Crippen LogP contribution in [-0.4, -0.2) is 87.0 Å². The molecule has 0 radical (unpaired) electrons. The van der Waals surface area contributed by atoms with Crippen LogP contribution in [0.4, 0.5) is 79.4 Å². The van der Waals surface area contributed by atoms with E-state index >= 15 is 0 Å². The molecule has 0 spiro atoms. The van der Waals surface area contributed by atoms with Gasteiger partial charge in [0.15, 0.2) is 0 Å². The highest BCUT2D eigenvalue weighted by Gasteiger charge is 2.95. The van der Waals surface area contributed by atoms with E-state index in [2.05, 4.69) is 5.32 Å². The van der Waals surface area contributed by atoms with E-state index in [1.807, 2.05) is 48.5 Å². The molecule has 0 bridgehead atoms. The van der Waals surface area contributed by atoms with Gasteiger partial charge in [-0.2, -0.15) is 74.6 Å². The fourth-order valence-corrected chi connectivity index (χ4v) is 8.09. The van der Waals surface area contributed by atoms with Crippen LogP contribution in [0.1, 0.15) is 43.7 Å². The maximum absolute atomic E-state index is 14.4. The zero-order valence-electron chi connectivity index (χ0n) is 30.7. The monoisotopic (exact) mass is 885 g/mol. The standard InChI is InChI=1S/C35H36F17NO4Si/c1-19(2)25(53-27(55)57-18-24-22-12-7-5-10-20(22)21-11-6-8-13-23(21)24)26(54)56-15-17-58(3,4)16-9-14-28(36,37)29(38,39)30(40,41)31(42,43)32(44,45)33(46,47)34(48,49)35(50,51)52/h5-8,10-13,19,24-25H,9,14-18H2,1-4H3,(H,53,55)/t25-/m0/s1. The number of alkyl carbamates (subject to hydrolysis) is 1. The van der Waals surface area contributed by atoms with E-state index < -0.39 is 105 Å². The van der Waals surface area contributed by atoms with E-state index in [1.165, 1.54) is 26.9 Å². The first kappa shape index (κ1) is 48.6. The average Bonchev–Trinajstić information content (AvgIpc) is 3.41. The molecule has 0 aliphatic heterocycles. The SMILES string of the molecule is CC(C)[C@H](NC(=O)OCC1c2ccccc2-c2ccccc21)C(=O)OCC[Si](C)(C)CCCC(F)(F)C(F)(F)C(F)(F)C(F)(F)C(F)(F)C(F)(F)C(F)(F)C(F)(F)F. The third kappa shape index (κ3) is 8.73. The Balaban J connectivity index is 1.58. The molecule has 3 rings (SSSR count). The summed E-state index contributed by atoms with van der Waals surface area (Å²) in [6, 6.07) is 12.9. The Kier molecular flexibility index (Phi) is 13.7. The number of esters is 1. The van der Waals surface area contributed by atoms with Crippen LogP contribution in [0.25, 0.3) is 11.1 Å². The first-order valence-corrected chi connectivity index (χ1v) is 20.5. The number of fused-ring (bicyclic) bond motifs is 3. The lowest BCUT2D eigenvalue weighted by Crippen LogP contribution is -2.74. The van der Waals surface area contributed by atoms with Crippen molar-refractivity contribution in [1.82, 2.24) is 5.32 Å². The smallest absolute Gasteiger partial charge is 0.460 e. The minimum Gasteiger partial charge on any atom is -0.464 e. The molecule has 328 valence electrons. The highest BCUT2D eigenvalue weighted by atomic mass is 28.3. The molecule has 0 aromatic heterocycles. The second kappa shape index (κ2) is 16.3. The van der Waals surface area contributed by atoms with Crippen LogP contribution in [0.15, 0.2) is 48.5 Å². The highest BCUT2D eigenvalue weighted by molar-refractivity contribution is 6.77. The Labute approximate surface area is 320 Å². The number of nitrogens with one attached hydrogen (secondary N) is 1. The Bertz CT molecular complexity index is 1740. The number of carbonyl (C=O) groups is 2. The third-order valence-corrected chi connectivity index (χ3v) is 13.0. The summed E-state index contributed by atoms with van der Waals surface area (Å²) in [7, 11) is -3.00. The molecule has 5 nitrogen and oxygen atoms in total. The summed E-state index contributed by atoms with van der Waals surface area (Å²) in [4.78, 5) is 25.6. The van der Waals surface area contributed by atoms with Crippen LogP contribution >= 0.6 is 0 Å². The van der Waals surface area contributed by atoms with Crippen molar-refractivity contribution >= 4 is 20.1 Å². The van der Waals surface area contributed by atoms with Crippen LogP contribution < -0.4 is 5.32 Å². The van der Waals surface area contributed by atoms with E-state index in [1.54, 1.807) is 0 Å². The molecule has 0 heterocycles. The summed E-state index contributed by atoms with van der Waals surface area (Å²) in [5.74, 6) is -58.4. The number of rotatable bonds is 18. The van der Waals surface area contributed by atoms with Crippen molar-refractivity contribution in [1.29, 1.82) is 0 Å². The topological polar surface area (TPSA) is 64.6 Å². The number of amides is 1. The first-order valence-electron chi connectivity index (χ1n) is 17.1. The van der Waals surface area contributed by atoms with Gasteiger partial charge in [0.2, 0.25) is 0 Å². The molecule has 1 aliphatic rings. The zero-order chi connectivity index (χ0) is 44.7. The summed E-state index contributed by atoms with van der Waals surface area (Å²) >= 11 is 0. The Morgan fingerprint density at radius 1 is 0.638 bits per heavy atom. The van der Waals surface area contributed by atoms with Gasteiger partial charge in [0, 0.05) is 12.3 Å². The summed E-state index contributed by atoms with van der Waals surface area (Å²) < 4.78 is 241. The van der Waals surface area contributed by atoms with E-state index in [-0.39, 0.29) is 18.6 Å². The van der Waals surface area contributed by atoms with Gasteiger partial charge < -0.3 is 14.8 Å². The van der Waals surface area contributed by atoms with Crippen molar-refractivity contribution in [2.75, 3.05) is 13.2 Å². The van der Waals surface area contributed by atoms with Crippen molar-refractivity contribution in [3.63, 3.8) is 0 Å². The summed E-state index contributed by atoms with van der Waals surface area (Å²) in [6.45, 7) is 5.24. The Hall–Kier alpha value is -3.79. The second-order valence-electron chi connectivity index (χ2n) is 14.8. The molecule has 0 unspecified atom stereocenters. The van der Waals surface area contributed by atoms with Crippen molar-refractivity contribution in [2.45, 2.75) is 111 Å². The molecule has 58 heavy (non-hydrogen) atoms. The number of alkyl halides is 17. The van der Waals surface area contributed by atoms with Gasteiger partial charge in [-0.25, -0.2) is 9.59 Å². The van der Waals surface area contributed by atoms with E-state index in [9.17, 15) is 84.2 Å². The van der Waals surface area contributed by atoms with Gasteiger partial charge in [0.05, 0.1) is 14.7 Å². The number of carbonyl (C=O) groups excluding carboxylic acids is 2. The second-order valence-corrected chi connectivity index (χ2v) is 20.1. The largest absolute Gasteiger partial charge is 0.464 e. The van der Waals surface area contributed by atoms with Crippen LogP contribution in [0, 0.1) is 5.92 Å². The quantitative estimate of drug-likeness (QED) is 0.0920. The molecule has 1 amide bonds. The van der Waals surface area contributed by atoms with Crippen molar-refractivity contribution in [3.05, 3.63) is 59.7 Å². The van der Waals surface area contributed by atoms with Crippen LogP contribution in [0.2, 0.25) is 25.2 Å². The molecular formula is C35H36F17NO4Si. The summed E-state index contributed by atoms with van der Waals surface area (Å²) in [5.41, 5.74) is 3.72. The molecule has 2 aromatic rings. The minimum absolute atomic E-state index is 0.103. The first-order chi connectivity index (χ1) is 26.1. The lowest BCUT2D eigenvalue weighted by molar-refractivity contribution is -0.461. The number of hydrogen-bond donors (Lipinski definition) is 1. The predicted octanol–water partition coefficient (Wildman–Crippen LogP) is 11.6. The fourth-order valence-electron chi connectivity index (χ4n) is 6.05. The summed E-state index contributed by atoms with van der Waals surface area (Å²) in [5, 5.41) is 2.39. The predicted molar refractivity (Wildman–Crippen MR) is 175 cm³/mol. The van der Waals surface area contributed by atoms with Crippen molar-refractivity contribution < 1.29 is 93.7 Å². The molecule has 2 aromatic carbocycles. The van der Waals surface area contributed by atoms with Crippen LogP contribution in [-0.2, 0) is 14.3 Å². The molecule has 0 fully saturated rings. The molecule has 0 saturated carbocycles. The maximum Gasteiger partial charge on any atom is 0.460 e. The molecule has 0 saturated heterocycles. The molecule has 1 aliphatic carbocycles. The average molecular weight is 886 g/mol. The molecular weight excluding hydrogens is 849 g/mol. The fraction of sp³-hybridized carbons (Fsp3) is 0.600. The van der Waals surface area contributed by atoms with Gasteiger partial charge in [-0.15, -0.1) is 0 Å². The van der Waals surface area contributed by atoms with Gasteiger partial charge >= 0.3 is 59.7 Å². The lowest BCUT2D eigenvalue weighted by Gasteiger charge is -2.42. The van der Waals surface area contributed by atoms with Gasteiger partial charge in [-0.1, -0.05) is 81.5 Å². The lowest BCUT2D eigenvalue weighted by atomic mass is 9.88. The molecule has 23 heteroatoms. The highest BCUT2D eigenvalue weighted by Crippen LogP contribution is 2.64. The van der Waals surface area contributed by atoms with Crippen LogP contribution in [0.3, 0.4) is 0 Å². The van der Waals surface area contributed by atoms with E-state index in [0.717, 1.165) is 22.3 Å². The minimum atomic E-state index is -8.67. The number of benzene rings is 2. The zero-order valence-corrected chi connectivity index (χ0v) is 31.7. The van der Waals surface area contributed by atoms with Crippen molar-refractivity contribution in [3.8, 4) is 11.1 Å². The van der Waals surface area contributed by atoms with E-state index in [0.29, 0.717) is 0 Å². The maximum atomic E-state index is 14.4. The van der Waals surface area contributed by atoms with Gasteiger partial charge in [-0.05, 0) is 40.6 Å². The van der Waals surface area contributed by atoms with Gasteiger partial charge in [-0.3, -0.25) is 0 Å². The summed E-state index contributed by atoms with van der Waals surface area (Å²) in [6.07, 6.45) is -12.6. The Morgan fingerprint density at radius 2 is 1.07 bits per heavy atom. The number of halogens is 17. The normalized spacial score (nSPS) is 15.6. The number of ether oxygens (including phenoxy) is 2. The van der Waals surface area contributed by atoms with E-state index in [4.69, 9.17) is 9.47 Å². The number of hydrogen-bond acceptors (Lipinski definition) is 4. The van der Waals surface area contributed by atoms with Gasteiger partial charge in [0.1, 0.15) is 12.6 Å². The van der Waals surface area contributed by atoms with Crippen molar-refractivity contribution in [2.24, 2.45) is 5.92 Å².